The fraction of sp³-hybridized carbons (Fsp3) is 0.222. The maximum atomic E-state index is 13.1. The van der Waals surface area contributed by atoms with Gasteiger partial charge < -0.3 is 14.2 Å². The quantitative estimate of drug-likeness (QED) is 0.437. The number of benzene rings is 3. The Balaban J connectivity index is 1.38. The van der Waals surface area contributed by atoms with Crippen LogP contribution in [0, 0.1) is 0 Å². The summed E-state index contributed by atoms with van der Waals surface area (Å²) >= 11 is 6.31. The first kappa shape index (κ1) is 21.6. The van der Waals surface area contributed by atoms with Gasteiger partial charge in [0, 0.05) is 23.7 Å². The topological polar surface area (TPSA) is 48.0 Å². The van der Waals surface area contributed by atoms with Crippen LogP contribution in [0.15, 0.2) is 66.4 Å². The average Bonchev–Trinajstić information content (AvgIpc) is 3.15. The predicted molar refractivity (Wildman–Crippen MR) is 128 cm³/mol. The van der Waals surface area contributed by atoms with Crippen molar-refractivity contribution < 1.29 is 19.0 Å². The van der Waals surface area contributed by atoms with Gasteiger partial charge in [0.15, 0.2) is 5.76 Å². The van der Waals surface area contributed by atoms with Gasteiger partial charge in [0.25, 0.3) is 0 Å². The van der Waals surface area contributed by atoms with Crippen molar-refractivity contribution in [2.45, 2.75) is 19.9 Å². The van der Waals surface area contributed by atoms with Crippen LogP contribution >= 0.6 is 11.6 Å². The summed E-state index contributed by atoms with van der Waals surface area (Å²) in [4.78, 5) is 15.3. The number of allylic oxidation sites excluding steroid dienone is 1. The van der Waals surface area contributed by atoms with Crippen LogP contribution in [0.1, 0.15) is 34.0 Å². The highest BCUT2D eigenvalue weighted by Crippen LogP contribution is 2.42. The van der Waals surface area contributed by atoms with Crippen molar-refractivity contribution in [3.05, 3.63) is 93.7 Å². The molecular formula is C27H24ClNO4. The van der Waals surface area contributed by atoms with Crippen LogP contribution in [0.25, 0.3) is 6.08 Å². The highest BCUT2D eigenvalue weighted by molar-refractivity contribution is 6.31. The van der Waals surface area contributed by atoms with Crippen molar-refractivity contribution in [1.29, 1.82) is 0 Å². The second-order valence-corrected chi connectivity index (χ2v) is 8.40. The van der Waals surface area contributed by atoms with Gasteiger partial charge in [-0.1, -0.05) is 48.0 Å². The first-order valence-electron chi connectivity index (χ1n) is 11.0. The molecule has 33 heavy (non-hydrogen) atoms. The fourth-order valence-electron chi connectivity index (χ4n) is 4.16. The number of carbonyl (C=O) groups is 1. The molecule has 0 fully saturated rings. The summed E-state index contributed by atoms with van der Waals surface area (Å²) in [6.07, 6.45) is 2.56. The Morgan fingerprint density at radius 2 is 1.91 bits per heavy atom. The van der Waals surface area contributed by atoms with Crippen molar-refractivity contribution in [2.24, 2.45) is 0 Å². The number of Topliss-reactive ketones (excluding diaryl/α,β-unsaturated/α-hetero) is 1. The third-order valence-electron chi connectivity index (χ3n) is 5.84. The molecule has 0 amide bonds. The predicted octanol–water partition coefficient (Wildman–Crippen LogP) is 5.75. The van der Waals surface area contributed by atoms with Crippen LogP contribution in [0.5, 0.6) is 17.2 Å². The van der Waals surface area contributed by atoms with Gasteiger partial charge in [0.2, 0.25) is 5.78 Å². The lowest BCUT2D eigenvalue weighted by Crippen LogP contribution is -2.33. The second-order valence-electron chi connectivity index (χ2n) is 8.00. The Labute approximate surface area is 198 Å². The number of hydrogen-bond acceptors (Lipinski definition) is 5. The van der Waals surface area contributed by atoms with E-state index < -0.39 is 0 Å². The van der Waals surface area contributed by atoms with Crippen molar-refractivity contribution in [2.75, 3.05) is 19.9 Å². The highest BCUT2D eigenvalue weighted by Gasteiger charge is 2.33. The van der Waals surface area contributed by atoms with Crippen molar-refractivity contribution in [1.82, 2.24) is 4.90 Å². The maximum absolute atomic E-state index is 13.1. The molecule has 0 atom stereocenters. The molecule has 6 heteroatoms. The molecule has 0 aromatic heterocycles. The highest BCUT2D eigenvalue weighted by atomic mass is 35.5. The van der Waals surface area contributed by atoms with E-state index in [0.29, 0.717) is 37.0 Å². The molecule has 2 heterocycles. The summed E-state index contributed by atoms with van der Waals surface area (Å²) < 4.78 is 17.8. The summed E-state index contributed by atoms with van der Waals surface area (Å²) in [6, 6.07) is 19.1. The summed E-state index contributed by atoms with van der Waals surface area (Å²) in [7, 11) is 0. The Kier molecular flexibility index (Phi) is 6.07. The van der Waals surface area contributed by atoms with E-state index in [4.69, 9.17) is 25.8 Å². The average molecular weight is 462 g/mol. The molecule has 0 radical (unpaired) electrons. The van der Waals surface area contributed by atoms with Gasteiger partial charge in [0.05, 0.1) is 17.7 Å². The Bertz CT molecular complexity index is 1240. The van der Waals surface area contributed by atoms with Crippen LogP contribution < -0.4 is 14.2 Å². The molecule has 3 aromatic carbocycles. The van der Waals surface area contributed by atoms with Crippen molar-refractivity contribution in [3.8, 4) is 17.2 Å². The molecule has 0 aliphatic carbocycles. The largest absolute Gasteiger partial charge is 0.493 e. The van der Waals surface area contributed by atoms with E-state index in [9.17, 15) is 4.79 Å². The molecule has 0 spiro atoms. The number of ketones is 1. The third kappa shape index (κ3) is 4.34. The fourth-order valence-corrected chi connectivity index (χ4v) is 4.39. The Morgan fingerprint density at radius 1 is 1.09 bits per heavy atom. The van der Waals surface area contributed by atoms with Crippen LogP contribution in [0.2, 0.25) is 5.02 Å². The number of carbonyl (C=O) groups excluding carboxylic acids is 1. The smallest absolute Gasteiger partial charge is 0.231 e. The van der Waals surface area contributed by atoms with E-state index in [1.54, 1.807) is 12.1 Å². The number of nitrogens with zero attached hydrogens (tertiary/aromatic N) is 1. The van der Waals surface area contributed by atoms with Crippen LogP contribution in [-0.4, -0.2) is 30.6 Å². The van der Waals surface area contributed by atoms with E-state index >= 15 is 0 Å². The second kappa shape index (κ2) is 9.30. The van der Waals surface area contributed by atoms with Gasteiger partial charge >= 0.3 is 0 Å². The van der Waals surface area contributed by atoms with E-state index in [-0.39, 0.29) is 5.78 Å². The molecule has 0 bridgehead atoms. The summed E-state index contributed by atoms with van der Waals surface area (Å²) in [5.74, 6) is 2.22. The molecule has 0 unspecified atom stereocenters. The zero-order chi connectivity index (χ0) is 22.8. The number of hydrogen-bond donors (Lipinski definition) is 0. The molecular weight excluding hydrogens is 438 g/mol. The van der Waals surface area contributed by atoms with Crippen molar-refractivity contribution >= 4 is 23.5 Å². The summed E-state index contributed by atoms with van der Waals surface area (Å²) in [6.45, 7) is 4.38. The lowest BCUT2D eigenvalue weighted by molar-refractivity contribution is 0.0950. The van der Waals surface area contributed by atoms with Gasteiger partial charge in [-0.2, -0.15) is 0 Å². The number of halogens is 1. The van der Waals surface area contributed by atoms with Gasteiger partial charge in [-0.15, -0.1) is 0 Å². The molecule has 3 aromatic rings. The van der Waals surface area contributed by atoms with Gasteiger partial charge in [-0.25, -0.2) is 0 Å². The maximum Gasteiger partial charge on any atom is 0.231 e. The molecule has 0 saturated carbocycles. The summed E-state index contributed by atoms with van der Waals surface area (Å²) in [5.41, 5.74) is 3.37. The van der Waals surface area contributed by atoms with E-state index in [0.717, 1.165) is 46.2 Å². The minimum absolute atomic E-state index is 0.132. The van der Waals surface area contributed by atoms with Gasteiger partial charge in [-0.05, 0) is 49.2 Å². The molecule has 0 N–H and O–H groups in total. The zero-order valence-electron chi connectivity index (χ0n) is 18.3. The summed E-state index contributed by atoms with van der Waals surface area (Å²) in [5, 5.41) is 0.771. The number of ether oxygens (including phenoxy) is 3. The number of fused-ring (bicyclic) bond motifs is 3. The van der Waals surface area contributed by atoms with E-state index in [2.05, 4.69) is 4.90 Å². The molecule has 0 saturated heterocycles. The monoisotopic (exact) mass is 461 g/mol. The zero-order valence-corrected chi connectivity index (χ0v) is 19.1. The Hall–Kier alpha value is -3.28. The molecule has 2 aliphatic rings. The lowest BCUT2D eigenvalue weighted by Gasteiger charge is -2.29. The SMILES string of the molecule is CCOc1ccccc1/C=C1\Oc2c(ccc3c2CN(CCc2ccccc2Cl)CO3)C1=O. The first-order chi connectivity index (χ1) is 16.1. The standard InChI is InChI=1S/C27H24ClNO4/c1-2-31-23-10-6-4-8-19(23)15-25-26(30)20-11-12-24-21(27(20)33-25)16-29(17-32-24)14-13-18-7-3-5-9-22(18)28/h3-12,15H,2,13-14,16-17H2,1H3/b25-15-. The normalized spacial score (nSPS) is 16.2. The molecule has 5 rings (SSSR count). The molecule has 2 aliphatic heterocycles. The van der Waals surface area contributed by atoms with Gasteiger partial charge in [0.1, 0.15) is 24.0 Å². The third-order valence-corrected chi connectivity index (χ3v) is 6.21. The van der Waals surface area contributed by atoms with E-state index in [1.807, 2.05) is 61.5 Å². The van der Waals surface area contributed by atoms with Crippen molar-refractivity contribution in [3.63, 3.8) is 0 Å². The number of rotatable bonds is 6. The molecule has 168 valence electrons. The van der Waals surface area contributed by atoms with Crippen LogP contribution in [-0.2, 0) is 13.0 Å². The van der Waals surface area contributed by atoms with Crippen LogP contribution in [0.4, 0.5) is 0 Å². The Morgan fingerprint density at radius 3 is 2.76 bits per heavy atom. The first-order valence-corrected chi connectivity index (χ1v) is 11.4. The number of para-hydroxylation sites is 1. The minimum atomic E-state index is -0.132. The van der Waals surface area contributed by atoms with Gasteiger partial charge in [-0.3, -0.25) is 9.69 Å². The molecule has 5 nitrogen and oxygen atoms in total. The lowest BCUT2D eigenvalue weighted by atomic mass is 10.0. The van der Waals surface area contributed by atoms with Crippen LogP contribution in [0.3, 0.4) is 0 Å². The minimum Gasteiger partial charge on any atom is -0.493 e. The van der Waals surface area contributed by atoms with E-state index in [1.165, 1.54) is 0 Å².